The van der Waals surface area contributed by atoms with Gasteiger partial charge in [0.15, 0.2) is 0 Å². The van der Waals surface area contributed by atoms with Gasteiger partial charge in [-0.25, -0.2) is 15.0 Å². The van der Waals surface area contributed by atoms with Gasteiger partial charge in [0.25, 0.3) is 0 Å². The average Bonchev–Trinajstić information content (AvgIpc) is 2.85. The third kappa shape index (κ3) is 1.56. The lowest BCUT2D eigenvalue weighted by Gasteiger charge is -2.03. The molecular weight excluding hydrogens is 255 g/mol. The number of hydrogen-bond acceptors (Lipinski definition) is 3. The van der Waals surface area contributed by atoms with Gasteiger partial charge < -0.3 is 0 Å². The van der Waals surface area contributed by atoms with Gasteiger partial charge in [-0.3, -0.25) is 4.40 Å². The zero-order chi connectivity index (χ0) is 13.5. The molecule has 96 valence electrons. The number of imidazole rings is 1. The molecule has 4 nitrogen and oxygen atoms in total. The third-order valence-electron chi connectivity index (χ3n) is 3.23. The van der Waals surface area contributed by atoms with Crippen molar-refractivity contribution in [3.63, 3.8) is 0 Å². The van der Waals surface area contributed by atoms with Crippen LogP contribution in [-0.4, -0.2) is 19.4 Å². The summed E-state index contributed by atoms with van der Waals surface area (Å²) in [7, 11) is 0. The van der Waals surface area contributed by atoms with Crippen LogP contribution in [0.5, 0.6) is 0 Å². The Morgan fingerprint density at radius 1 is 1.00 bits per heavy atom. The molecule has 0 aliphatic heterocycles. The van der Waals surface area contributed by atoms with E-state index in [1.807, 2.05) is 34.9 Å². The predicted octanol–water partition coefficient (Wildman–Crippen LogP) is 3.08. The fourth-order valence-electron chi connectivity index (χ4n) is 2.29. The van der Waals surface area contributed by atoms with Gasteiger partial charge in [-0.05, 0) is 24.3 Å². The Kier molecular flexibility index (Phi) is 2.26. The molecule has 5 heteroatoms. The summed E-state index contributed by atoms with van der Waals surface area (Å²) < 4.78 is 15.6. The van der Waals surface area contributed by atoms with E-state index in [9.17, 15) is 4.39 Å². The van der Waals surface area contributed by atoms with E-state index in [0.717, 1.165) is 11.0 Å². The number of hydrogen-bond donors (Lipinski definition) is 0. The smallest absolute Gasteiger partial charge is 0.234 e. The molecule has 0 atom stereocenters. The van der Waals surface area contributed by atoms with Crippen molar-refractivity contribution in [1.82, 2.24) is 19.4 Å². The first-order valence-corrected chi connectivity index (χ1v) is 6.17. The normalized spacial score (nSPS) is 11.2. The van der Waals surface area contributed by atoms with Crippen molar-refractivity contribution >= 4 is 16.8 Å². The van der Waals surface area contributed by atoms with E-state index in [1.165, 1.54) is 6.20 Å². The van der Waals surface area contributed by atoms with Crippen LogP contribution in [0, 0.1) is 5.95 Å². The van der Waals surface area contributed by atoms with E-state index in [2.05, 4.69) is 15.0 Å². The van der Waals surface area contributed by atoms with Crippen molar-refractivity contribution in [2.24, 2.45) is 0 Å². The van der Waals surface area contributed by atoms with E-state index in [0.29, 0.717) is 16.9 Å². The van der Waals surface area contributed by atoms with E-state index in [4.69, 9.17) is 0 Å². The van der Waals surface area contributed by atoms with Gasteiger partial charge >= 0.3 is 0 Å². The molecule has 0 amide bonds. The molecular formula is C15H9FN4. The molecule has 4 aromatic rings. The molecule has 0 N–H and O–H groups in total. The summed E-state index contributed by atoms with van der Waals surface area (Å²) in [5, 5.41) is 0. The minimum absolute atomic E-state index is 0.430. The summed E-state index contributed by atoms with van der Waals surface area (Å²) in [6.07, 6.45) is 4.87. The van der Waals surface area contributed by atoms with Crippen LogP contribution in [0.15, 0.2) is 55.0 Å². The van der Waals surface area contributed by atoms with Crippen LogP contribution < -0.4 is 0 Å². The van der Waals surface area contributed by atoms with Crippen LogP contribution in [0.2, 0.25) is 0 Å². The predicted molar refractivity (Wildman–Crippen MR) is 73.7 cm³/mol. The van der Waals surface area contributed by atoms with Crippen molar-refractivity contribution in [1.29, 1.82) is 0 Å². The molecule has 0 radical (unpaired) electrons. The molecule has 3 heterocycles. The molecule has 0 saturated carbocycles. The minimum Gasteiger partial charge on any atom is -0.283 e. The van der Waals surface area contributed by atoms with Crippen LogP contribution in [0.3, 0.4) is 0 Å². The van der Waals surface area contributed by atoms with Crippen LogP contribution in [0.1, 0.15) is 0 Å². The minimum atomic E-state index is -0.502. The maximum atomic E-state index is 13.8. The highest BCUT2D eigenvalue weighted by atomic mass is 19.1. The lowest BCUT2D eigenvalue weighted by atomic mass is 10.1. The second-order valence-electron chi connectivity index (χ2n) is 4.45. The molecule has 0 fully saturated rings. The van der Waals surface area contributed by atoms with E-state index in [1.54, 1.807) is 18.3 Å². The Morgan fingerprint density at radius 3 is 2.80 bits per heavy atom. The van der Waals surface area contributed by atoms with Gasteiger partial charge in [0, 0.05) is 29.7 Å². The monoisotopic (exact) mass is 264 g/mol. The Bertz CT molecular complexity index is 929. The highest BCUT2D eigenvalue weighted by Gasteiger charge is 2.09. The van der Waals surface area contributed by atoms with E-state index in [-0.39, 0.29) is 0 Å². The Hall–Kier alpha value is -2.82. The molecule has 3 aromatic heterocycles. The van der Waals surface area contributed by atoms with Gasteiger partial charge in [-0.15, -0.1) is 0 Å². The summed E-state index contributed by atoms with van der Waals surface area (Å²) in [4.78, 5) is 12.4. The van der Waals surface area contributed by atoms with Gasteiger partial charge in [0.1, 0.15) is 0 Å². The zero-order valence-electron chi connectivity index (χ0n) is 10.4. The fourth-order valence-corrected chi connectivity index (χ4v) is 2.29. The molecule has 4 rings (SSSR count). The molecule has 20 heavy (non-hydrogen) atoms. The van der Waals surface area contributed by atoms with Crippen LogP contribution in [0.4, 0.5) is 4.39 Å². The lowest BCUT2D eigenvalue weighted by molar-refractivity contribution is 0.587. The maximum Gasteiger partial charge on any atom is 0.234 e. The van der Waals surface area contributed by atoms with E-state index >= 15 is 0 Å². The van der Waals surface area contributed by atoms with Crippen LogP contribution in [-0.2, 0) is 0 Å². The summed E-state index contributed by atoms with van der Waals surface area (Å²) in [5.41, 5.74) is 2.91. The zero-order valence-corrected chi connectivity index (χ0v) is 10.4. The van der Waals surface area contributed by atoms with Gasteiger partial charge in [0.05, 0.1) is 11.0 Å². The Morgan fingerprint density at radius 2 is 1.90 bits per heavy atom. The highest BCUT2D eigenvalue weighted by molar-refractivity contribution is 5.80. The fraction of sp³-hybridized carbons (Fsp3) is 0. The number of nitrogens with zero attached hydrogens (tertiary/aromatic N) is 4. The van der Waals surface area contributed by atoms with Gasteiger partial charge in [-0.2, -0.15) is 4.39 Å². The van der Waals surface area contributed by atoms with Crippen molar-refractivity contribution in [2.45, 2.75) is 0 Å². The Balaban J connectivity index is 2.03. The number of halogens is 1. The second-order valence-corrected chi connectivity index (χ2v) is 4.45. The summed E-state index contributed by atoms with van der Waals surface area (Å²) in [5.74, 6) is 0.0947. The maximum absolute atomic E-state index is 13.8. The number of aromatic nitrogens is 4. The SMILES string of the molecule is Fc1ncccc1-c1cnc2nc3ccccc3n2c1. The lowest BCUT2D eigenvalue weighted by Crippen LogP contribution is -1.93. The third-order valence-corrected chi connectivity index (χ3v) is 3.23. The first-order valence-electron chi connectivity index (χ1n) is 6.17. The van der Waals surface area contributed by atoms with Crippen molar-refractivity contribution < 1.29 is 4.39 Å². The first-order chi connectivity index (χ1) is 9.83. The highest BCUT2D eigenvalue weighted by Crippen LogP contribution is 2.22. The summed E-state index contributed by atoms with van der Waals surface area (Å²) >= 11 is 0. The van der Waals surface area contributed by atoms with Crippen LogP contribution in [0.25, 0.3) is 27.9 Å². The quantitative estimate of drug-likeness (QED) is 0.496. The number of pyridine rings is 1. The first kappa shape index (κ1) is 11.0. The van der Waals surface area contributed by atoms with Crippen molar-refractivity contribution in [2.75, 3.05) is 0 Å². The topological polar surface area (TPSA) is 43.1 Å². The summed E-state index contributed by atoms with van der Waals surface area (Å²) in [6.45, 7) is 0. The number of fused-ring (bicyclic) bond motifs is 3. The second kappa shape index (κ2) is 4.09. The standard InChI is InChI=1S/C15H9FN4/c16-14-11(4-3-7-17-14)10-8-18-15-19-12-5-1-2-6-13(12)20(15)9-10/h1-9H. The number of rotatable bonds is 1. The molecule has 0 spiro atoms. The van der Waals surface area contributed by atoms with Gasteiger partial charge in [0.2, 0.25) is 11.7 Å². The Labute approximate surface area is 113 Å². The van der Waals surface area contributed by atoms with Crippen LogP contribution >= 0.6 is 0 Å². The van der Waals surface area contributed by atoms with Crippen molar-refractivity contribution in [3.05, 3.63) is 60.9 Å². The number of para-hydroxylation sites is 2. The number of benzene rings is 1. The molecule has 0 aliphatic rings. The summed E-state index contributed by atoms with van der Waals surface area (Å²) in [6, 6.07) is 11.1. The molecule has 0 aliphatic carbocycles. The molecule has 0 unspecified atom stereocenters. The largest absolute Gasteiger partial charge is 0.283 e. The van der Waals surface area contributed by atoms with E-state index < -0.39 is 5.95 Å². The van der Waals surface area contributed by atoms with Gasteiger partial charge in [-0.1, -0.05) is 12.1 Å². The molecule has 0 bridgehead atoms. The van der Waals surface area contributed by atoms with Crippen molar-refractivity contribution in [3.8, 4) is 11.1 Å². The average molecular weight is 264 g/mol. The molecule has 1 aromatic carbocycles. The molecule has 0 saturated heterocycles.